The van der Waals surface area contributed by atoms with Crippen molar-refractivity contribution in [3.63, 3.8) is 0 Å². The highest BCUT2D eigenvalue weighted by Gasteiger charge is 2.45. The summed E-state index contributed by atoms with van der Waals surface area (Å²) in [7, 11) is 0. The summed E-state index contributed by atoms with van der Waals surface area (Å²) in [5.41, 5.74) is 2.04. The molecule has 0 N–H and O–H groups in total. The fraction of sp³-hybridized carbons (Fsp3) is 0.214. The molecule has 1 amide bonds. The lowest BCUT2D eigenvalue weighted by molar-refractivity contribution is -0.136. The Hall–Kier alpha value is -4.06. The van der Waals surface area contributed by atoms with Crippen molar-refractivity contribution in [2.45, 2.75) is 25.3 Å². The Kier molecular flexibility index (Phi) is 5.26. The van der Waals surface area contributed by atoms with Gasteiger partial charge in [0.25, 0.3) is 5.91 Å². The molecule has 6 nitrogen and oxygen atoms in total. The van der Waals surface area contributed by atoms with E-state index in [-0.39, 0.29) is 24.5 Å². The van der Waals surface area contributed by atoms with Crippen LogP contribution in [-0.4, -0.2) is 23.2 Å². The van der Waals surface area contributed by atoms with Gasteiger partial charge in [-0.05, 0) is 78.1 Å². The monoisotopic (exact) mass is 452 g/mol. The summed E-state index contributed by atoms with van der Waals surface area (Å²) in [4.78, 5) is 13.4. The topological polar surface area (TPSA) is 68.2 Å². The molecule has 1 aliphatic heterocycles. The lowest BCUT2D eigenvalue weighted by Crippen LogP contribution is -2.34. The lowest BCUT2D eigenvalue weighted by Gasteiger charge is -2.27. The van der Waals surface area contributed by atoms with Crippen molar-refractivity contribution in [2.75, 3.05) is 6.61 Å². The number of benzene rings is 2. The predicted octanol–water partition coefficient (Wildman–Crippen LogP) is 6.23. The highest BCUT2D eigenvalue weighted by Crippen LogP contribution is 2.44. The molecular weight excluding hydrogens is 428 g/mol. The summed E-state index contributed by atoms with van der Waals surface area (Å²) in [6.07, 6.45) is 8.19. The second-order valence-electron chi connectivity index (χ2n) is 8.67. The minimum absolute atomic E-state index is 0.0748. The van der Waals surface area contributed by atoms with Crippen LogP contribution >= 0.6 is 0 Å². The molecule has 2 aliphatic rings. The molecule has 6 rings (SSSR count). The van der Waals surface area contributed by atoms with Gasteiger partial charge in [-0.1, -0.05) is 30.3 Å². The fourth-order valence-corrected chi connectivity index (χ4v) is 4.96. The number of furan rings is 2. The van der Waals surface area contributed by atoms with Gasteiger partial charge >= 0.3 is 0 Å². The van der Waals surface area contributed by atoms with Gasteiger partial charge in [-0.25, -0.2) is 5.01 Å². The van der Waals surface area contributed by atoms with Crippen molar-refractivity contribution < 1.29 is 18.4 Å². The number of fused-ring (bicyclic) bond motifs is 2. The minimum Gasteiger partial charge on any atom is -0.484 e. The molecule has 0 saturated heterocycles. The van der Waals surface area contributed by atoms with Gasteiger partial charge in [-0.2, -0.15) is 5.10 Å². The third-order valence-corrected chi connectivity index (χ3v) is 6.53. The quantitative estimate of drug-likeness (QED) is 0.360. The van der Waals surface area contributed by atoms with Gasteiger partial charge in [0.05, 0.1) is 18.2 Å². The molecule has 2 aromatic carbocycles. The highest BCUT2D eigenvalue weighted by molar-refractivity contribution is 6.08. The Morgan fingerprint density at radius 1 is 1.03 bits per heavy atom. The van der Waals surface area contributed by atoms with Crippen molar-refractivity contribution in [2.24, 2.45) is 11.0 Å². The smallest absolute Gasteiger partial charge is 0.281 e. The average molecular weight is 453 g/mol. The molecule has 4 aromatic rings. The first-order chi connectivity index (χ1) is 16.8. The SMILES string of the molecule is O=C(COc1ccc2ccccc2c1)N1N=C2/C(=C/c3ccco3)CCCC2C1c1ccco1. The summed E-state index contributed by atoms with van der Waals surface area (Å²) in [6.45, 7) is -0.101. The van der Waals surface area contributed by atoms with Crippen molar-refractivity contribution in [1.29, 1.82) is 0 Å². The van der Waals surface area contributed by atoms with E-state index < -0.39 is 0 Å². The standard InChI is InChI=1S/C28H24N2O4/c31-26(18-34-23-13-12-19-6-1-2-7-20(19)16-23)30-28(25-11-5-15-33-25)24-10-3-8-21(27(24)29-30)17-22-9-4-14-32-22/h1-2,4-7,9,11-17,24,28H,3,8,10,18H2/b21-17+. The molecule has 2 atom stereocenters. The molecule has 170 valence electrons. The van der Waals surface area contributed by atoms with E-state index >= 15 is 0 Å². The minimum atomic E-state index is -0.280. The van der Waals surface area contributed by atoms with Gasteiger partial charge in [0.2, 0.25) is 0 Å². The molecular formula is C28H24N2O4. The van der Waals surface area contributed by atoms with E-state index in [0.717, 1.165) is 52.8 Å². The van der Waals surface area contributed by atoms with Crippen LogP contribution in [-0.2, 0) is 4.79 Å². The number of hydrogen-bond donors (Lipinski definition) is 0. The predicted molar refractivity (Wildman–Crippen MR) is 129 cm³/mol. The number of hydrazone groups is 1. The Labute approximate surface area is 197 Å². The summed E-state index contributed by atoms with van der Waals surface area (Å²) in [6, 6.07) is 21.2. The molecule has 34 heavy (non-hydrogen) atoms. The molecule has 0 radical (unpaired) electrons. The Morgan fingerprint density at radius 2 is 1.88 bits per heavy atom. The zero-order valence-electron chi connectivity index (χ0n) is 18.6. The van der Waals surface area contributed by atoms with E-state index in [1.165, 1.54) is 0 Å². The molecule has 3 heterocycles. The second kappa shape index (κ2) is 8.71. The van der Waals surface area contributed by atoms with Crippen molar-refractivity contribution in [3.8, 4) is 5.75 Å². The van der Waals surface area contributed by atoms with E-state index in [1.54, 1.807) is 17.5 Å². The van der Waals surface area contributed by atoms with Crippen LogP contribution in [0.2, 0.25) is 0 Å². The van der Waals surface area contributed by atoms with Crippen molar-refractivity contribution in [1.82, 2.24) is 5.01 Å². The molecule has 2 unspecified atom stereocenters. The van der Waals surface area contributed by atoms with E-state index in [4.69, 9.17) is 18.7 Å². The number of carbonyl (C=O) groups excluding carboxylic acids is 1. The summed E-state index contributed by atoms with van der Waals surface area (Å²) >= 11 is 0. The highest BCUT2D eigenvalue weighted by atomic mass is 16.5. The van der Waals surface area contributed by atoms with Crippen LogP contribution in [0, 0.1) is 5.92 Å². The molecule has 2 aromatic heterocycles. The molecule has 1 fully saturated rings. The van der Waals surface area contributed by atoms with Gasteiger partial charge in [-0.3, -0.25) is 4.79 Å². The number of rotatable bonds is 5. The summed E-state index contributed by atoms with van der Waals surface area (Å²) in [5, 5.41) is 8.58. The number of carbonyl (C=O) groups is 1. The van der Waals surface area contributed by atoms with Gasteiger partial charge in [-0.15, -0.1) is 0 Å². The van der Waals surface area contributed by atoms with Gasteiger partial charge < -0.3 is 13.6 Å². The van der Waals surface area contributed by atoms with Crippen molar-refractivity contribution in [3.05, 3.63) is 96.3 Å². The first-order valence-electron chi connectivity index (χ1n) is 11.6. The van der Waals surface area contributed by atoms with Crippen LogP contribution in [0.4, 0.5) is 0 Å². The zero-order chi connectivity index (χ0) is 22.9. The van der Waals surface area contributed by atoms with Crippen LogP contribution in [0.25, 0.3) is 16.8 Å². The summed E-state index contributed by atoms with van der Waals surface area (Å²) < 4.78 is 17.2. The van der Waals surface area contributed by atoms with E-state index in [2.05, 4.69) is 0 Å². The third kappa shape index (κ3) is 3.81. The maximum absolute atomic E-state index is 13.4. The Morgan fingerprint density at radius 3 is 2.71 bits per heavy atom. The van der Waals surface area contributed by atoms with E-state index in [1.807, 2.05) is 72.8 Å². The number of ether oxygens (including phenoxy) is 1. The number of hydrogen-bond acceptors (Lipinski definition) is 5. The Balaban J connectivity index is 1.28. The third-order valence-electron chi connectivity index (χ3n) is 6.53. The fourth-order valence-electron chi connectivity index (χ4n) is 4.96. The normalized spacial score (nSPS) is 21.0. The first-order valence-corrected chi connectivity index (χ1v) is 11.6. The molecule has 0 bridgehead atoms. The van der Waals surface area contributed by atoms with Gasteiger partial charge in [0.1, 0.15) is 23.3 Å². The molecule has 0 spiro atoms. The molecule has 1 aliphatic carbocycles. The average Bonchev–Trinajstić information content (AvgIpc) is 3.63. The van der Waals surface area contributed by atoms with Crippen LogP contribution in [0.5, 0.6) is 5.75 Å². The number of nitrogens with zero attached hydrogens (tertiary/aromatic N) is 2. The van der Waals surface area contributed by atoms with Crippen LogP contribution in [0.1, 0.15) is 36.8 Å². The van der Waals surface area contributed by atoms with Crippen LogP contribution in [0.3, 0.4) is 0 Å². The van der Waals surface area contributed by atoms with Crippen LogP contribution in [0.15, 0.2) is 98.8 Å². The van der Waals surface area contributed by atoms with Crippen molar-refractivity contribution >= 4 is 28.5 Å². The molecule has 6 heteroatoms. The maximum atomic E-state index is 13.4. The largest absolute Gasteiger partial charge is 0.484 e. The van der Waals surface area contributed by atoms with E-state index in [0.29, 0.717) is 5.75 Å². The molecule has 1 saturated carbocycles. The zero-order valence-corrected chi connectivity index (χ0v) is 18.6. The second-order valence-corrected chi connectivity index (χ2v) is 8.67. The number of allylic oxidation sites excluding steroid dienone is 1. The van der Waals surface area contributed by atoms with Crippen LogP contribution < -0.4 is 4.74 Å². The van der Waals surface area contributed by atoms with Gasteiger partial charge in [0, 0.05) is 5.92 Å². The first kappa shape index (κ1) is 20.5. The number of amides is 1. The lowest BCUT2D eigenvalue weighted by atomic mass is 9.79. The van der Waals surface area contributed by atoms with Gasteiger partial charge in [0.15, 0.2) is 6.61 Å². The maximum Gasteiger partial charge on any atom is 0.281 e. The van der Waals surface area contributed by atoms with E-state index in [9.17, 15) is 4.79 Å². The summed E-state index contributed by atoms with van der Waals surface area (Å²) in [5.74, 6) is 2.06. The Bertz CT molecular complexity index is 1370.